The maximum absolute atomic E-state index is 6.18. The normalized spacial score (nSPS) is 12.5. The molecule has 17 heavy (non-hydrogen) atoms. The highest BCUT2D eigenvalue weighted by Gasteiger charge is 2.08. The summed E-state index contributed by atoms with van der Waals surface area (Å²) in [6, 6.07) is 6.39. The van der Waals surface area contributed by atoms with Gasteiger partial charge in [0.2, 0.25) is 0 Å². The van der Waals surface area contributed by atoms with E-state index < -0.39 is 0 Å². The molecule has 0 fully saturated rings. The van der Waals surface area contributed by atoms with Gasteiger partial charge in [0.1, 0.15) is 5.75 Å². The van der Waals surface area contributed by atoms with Crippen molar-refractivity contribution >= 4 is 0 Å². The van der Waals surface area contributed by atoms with Crippen LogP contribution in [0.15, 0.2) is 18.2 Å². The van der Waals surface area contributed by atoms with Crippen LogP contribution in [-0.4, -0.2) is 20.7 Å². The molecule has 0 bridgehead atoms. The van der Waals surface area contributed by atoms with Gasteiger partial charge in [0, 0.05) is 6.04 Å². The topological polar surface area (TPSA) is 47.3 Å². The van der Waals surface area contributed by atoms with Crippen LogP contribution in [0, 0.1) is 0 Å². The first kappa shape index (κ1) is 14.0. The summed E-state index contributed by atoms with van der Waals surface area (Å²) in [5.41, 5.74) is 8.62. The Hall–Kier alpha value is -1.06. The lowest BCUT2D eigenvalue weighted by Crippen LogP contribution is -2.14. The van der Waals surface area contributed by atoms with Gasteiger partial charge in [-0.15, -0.1) is 0 Å². The largest absolute Gasteiger partial charge is 0.496 e. The highest BCUT2D eigenvalue weighted by Crippen LogP contribution is 2.24. The molecule has 0 aliphatic carbocycles. The molecule has 0 aliphatic rings. The van der Waals surface area contributed by atoms with E-state index in [0.717, 1.165) is 31.6 Å². The zero-order valence-corrected chi connectivity index (χ0v) is 11.1. The van der Waals surface area contributed by atoms with Crippen LogP contribution in [0.5, 0.6) is 5.75 Å². The minimum absolute atomic E-state index is 0.125. The molecule has 1 atom stereocenters. The Balaban J connectivity index is 2.70. The van der Waals surface area contributed by atoms with Crippen molar-refractivity contribution < 1.29 is 4.74 Å². The Morgan fingerprint density at radius 2 is 2.18 bits per heavy atom. The summed E-state index contributed by atoms with van der Waals surface area (Å²) in [5, 5.41) is 3.14. The molecule has 1 aromatic rings. The molecule has 3 heteroatoms. The van der Waals surface area contributed by atoms with E-state index in [9.17, 15) is 0 Å². The number of nitrogens with two attached hydrogens (primary N) is 1. The maximum Gasteiger partial charge on any atom is 0.122 e. The van der Waals surface area contributed by atoms with Gasteiger partial charge in [0.15, 0.2) is 0 Å². The van der Waals surface area contributed by atoms with Crippen LogP contribution in [0.2, 0.25) is 0 Å². The van der Waals surface area contributed by atoms with E-state index in [-0.39, 0.29) is 6.04 Å². The van der Waals surface area contributed by atoms with Gasteiger partial charge in [-0.25, -0.2) is 0 Å². The Kier molecular flexibility index (Phi) is 6.01. The fourth-order valence-electron chi connectivity index (χ4n) is 1.97. The zero-order chi connectivity index (χ0) is 12.7. The monoisotopic (exact) mass is 236 g/mol. The fraction of sp³-hybridized carbons (Fsp3) is 0.571. The standard InChI is InChI=1S/C14H24N2O/c1-4-11-10-12(7-8-14(11)17-3)13(15)6-5-9-16-2/h7-8,10,13,16H,4-6,9,15H2,1-3H3. The number of aryl methyl sites for hydroxylation is 1. The van der Waals surface area contributed by atoms with Crippen LogP contribution in [0.25, 0.3) is 0 Å². The number of methoxy groups -OCH3 is 1. The van der Waals surface area contributed by atoms with E-state index in [4.69, 9.17) is 10.5 Å². The molecule has 96 valence electrons. The second kappa shape index (κ2) is 7.30. The number of hydrogen-bond acceptors (Lipinski definition) is 3. The maximum atomic E-state index is 6.18. The number of ether oxygens (including phenoxy) is 1. The van der Waals surface area contributed by atoms with Gasteiger partial charge < -0.3 is 15.8 Å². The molecule has 0 saturated heterocycles. The molecular formula is C14H24N2O. The van der Waals surface area contributed by atoms with Gasteiger partial charge in [0.05, 0.1) is 7.11 Å². The lowest BCUT2D eigenvalue weighted by Gasteiger charge is -2.15. The molecule has 1 aromatic carbocycles. The van der Waals surface area contributed by atoms with Crippen LogP contribution < -0.4 is 15.8 Å². The Bertz CT molecular complexity index is 339. The summed E-state index contributed by atoms with van der Waals surface area (Å²) in [5.74, 6) is 0.957. The quantitative estimate of drug-likeness (QED) is 0.714. The highest BCUT2D eigenvalue weighted by atomic mass is 16.5. The van der Waals surface area contributed by atoms with Gasteiger partial charge in [-0.1, -0.05) is 19.1 Å². The molecule has 3 nitrogen and oxygen atoms in total. The van der Waals surface area contributed by atoms with E-state index in [1.807, 2.05) is 13.1 Å². The van der Waals surface area contributed by atoms with E-state index in [1.54, 1.807) is 7.11 Å². The summed E-state index contributed by atoms with van der Waals surface area (Å²) in [6.45, 7) is 3.15. The number of benzene rings is 1. The van der Waals surface area contributed by atoms with Crippen molar-refractivity contribution in [2.24, 2.45) is 5.73 Å². The third kappa shape index (κ3) is 4.02. The summed E-state index contributed by atoms with van der Waals surface area (Å²) in [6.07, 6.45) is 3.09. The van der Waals surface area contributed by atoms with E-state index in [2.05, 4.69) is 24.4 Å². The van der Waals surface area contributed by atoms with Gasteiger partial charge in [-0.05, 0) is 50.0 Å². The molecule has 1 rings (SSSR count). The minimum atomic E-state index is 0.125. The van der Waals surface area contributed by atoms with E-state index in [1.165, 1.54) is 11.1 Å². The van der Waals surface area contributed by atoms with Gasteiger partial charge in [0.25, 0.3) is 0 Å². The van der Waals surface area contributed by atoms with Crippen LogP contribution >= 0.6 is 0 Å². The van der Waals surface area contributed by atoms with Crippen LogP contribution in [-0.2, 0) is 6.42 Å². The van der Waals surface area contributed by atoms with E-state index >= 15 is 0 Å². The third-order valence-electron chi connectivity index (χ3n) is 3.06. The second-order valence-electron chi connectivity index (χ2n) is 4.28. The molecule has 0 aromatic heterocycles. The molecular weight excluding hydrogens is 212 g/mol. The van der Waals surface area contributed by atoms with Crippen molar-refractivity contribution in [3.8, 4) is 5.75 Å². The van der Waals surface area contributed by atoms with Crippen molar-refractivity contribution in [2.75, 3.05) is 20.7 Å². The van der Waals surface area contributed by atoms with Crippen molar-refractivity contribution in [3.05, 3.63) is 29.3 Å². The van der Waals surface area contributed by atoms with Crippen molar-refractivity contribution in [1.29, 1.82) is 0 Å². The highest BCUT2D eigenvalue weighted by molar-refractivity contribution is 5.38. The molecule has 0 saturated carbocycles. The smallest absolute Gasteiger partial charge is 0.122 e. The summed E-state index contributed by atoms with van der Waals surface area (Å²) in [7, 11) is 3.68. The molecule has 0 radical (unpaired) electrons. The Labute approximate surface area is 104 Å². The van der Waals surface area contributed by atoms with E-state index in [0.29, 0.717) is 0 Å². The fourth-order valence-corrected chi connectivity index (χ4v) is 1.97. The lowest BCUT2D eigenvalue weighted by molar-refractivity contribution is 0.409. The number of rotatable bonds is 7. The van der Waals surface area contributed by atoms with Crippen LogP contribution in [0.3, 0.4) is 0 Å². The Morgan fingerprint density at radius 1 is 1.41 bits per heavy atom. The molecule has 3 N–H and O–H groups in total. The molecule has 0 spiro atoms. The SMILES string of the molecule is CCc1cc(C(N)CCCNC)ccc1OC. The van der Waals surface area contributed by atoms with Gasteiger partial charge in [-0.3, -0.25) is 0 Å². The van der Waals surface area contributed by atoms with Crippen molar-refractivity contribution in [1.82, 2.24) is 5.32 Å². The first-order valence-corrected chi connectivity index (χ1v) is 6.29. The number of nitrogens with one attached hydrogen (secondary N) is 1. The van der Waals surface area contributed by atoms with Gasteiger partial charge in [-0.2, -0.15) is 0 Å². The van der Waals surface area contributed by atoms with Gasteiger partial charge >= 0.3 is 0 Å². The average Bonchev–Trinajstić information content (AvgIpc) is 2.38. The molecule has 0 heterocycles. The number of hydrogen-bond donors (Lipinski definition) is 2. The van der Waals surface area contributed by atoms with Crippen molar-refractivity contribution in [3.63, 3.8) is 0 Å². The Morgan fingerprint density at radius 3 is 2.76 bits per heavy atom. The summed E-state index contributed by atoms with van der Waals surface area (Å²) >= 11 is 0. The average molecular weight is 236 g/mol. The van der Waals surface area contributed by atoms with Crippen LogP contribution in [0.1, 0.15) is 36.9 Å². The first-order valence-electron chi connectivity index (χ1n) is 6.29. The molecule has 0 amide bonds. The minimum Gasteiger partial charge on any atom is -0.496 e. The third-order valence-corrected chi connectivity index (χ3v) is 3.06. The van der Waals surface area contributed by atoms with Crippen LogP contribution in [0.4, 0.5) is 0 Å². The first-order chi connectivity index (χ1) is 8.22. The second-order valence-corrected chi connectivity index (χ2v) is 4.28. The summed E-state index contributed by atoms with van der Waals surface area (Å²) < 4.78 is 5.32. The van der Waals surface area contributed by atoms with Crippen molar-refractivity contribution in [2.45, 2.75) is 32.2 Å². The molecule has 0 aliphatic heterocycles. The summed E-state index contributed by atoms with van der Waals surface area (Å²) in [4.78, 5) is 0. The zero-order valence-electron chi connectivity index (χ0n) is 11.1. The predicted octanol–water partition coefficient (Wildman–Crippen LogP) is 2.26. The lowest BCUT2D eigenvalue weighted by atomic mass is 9.99. The molecule has 1 unspecified atom stereocenters. The predicted molar refractivity (Wildman–Crippen MR) is 72.5 cm³/mol.